The molecule has 38 heavy (non-hydrogen) atoms. The highest BCUT2D eigenvalue weighted by atomic mass is 19.1. The van der Waals surface area contributed by atoms with Gasteiger partial charge in [0.25, 0.3) is 5.56 Å². The summed E-state index contributed by atoms with van der Waals surface area (Å²) < 4.78 is 14.6. The minimum Gasteiger partial charge on any atom is -0.411 e. The summed E-state index contributed by atoms with van der Waals surface area (Å²) in [5, 5.41) is 18.8. The molecule has 1 amide bonds. The minimum atomic E-state index is -1.13. The second-order valence-electron chi connectivity index (χ2n) is 9.12. The van der Waals surface area contributed by atoms with Crippen LogP contribution < -0.4 is 16.2 Å². The monoisotopic (exact) mass is 523 g/mol. The van der Waals surface area contributed by atoms with E-state index in [1.165, 1.54) is 23.3 Å². The summed E-state index contributed by atoms with van der Waals surface area (Å²) in [7, 11) is 1.59. The molecule has 2 aromatic heterocycles. The van der Waals surface area contributed by atoms with Gasteiger partial charge in [0.2, 0.25) is 5.91 Å². The molecule has 1 aliphatic rings. The average molecular weight is 524 g/mol. The number of anilines is 2. The van der Waals surface area contributed by atoms with E-state index in [0.717, 1.165) is 23.1 Å². The number of hydrogen-bond donors (Lipinski definition) is 3. The first-order valence-corrected chi connectivity index (χ1v) is 12.5. The molecule has 0 saturated heterocycles. The van der Waals surface area contributed by atoms with Crippen LogP contribution in [-0.4, -0.2) is 42.5 Å². The van der Waals surface area contributed by atoms with Crippen LogP contribution in [0.2, 0.25) is 0 Å². The van der Waals surface area contributed by atoms with Gasteiger partial charge in [0, 0.05) is 18.8 Å². The fourth-order valence-electron chi connectivity index (χ4n) is 3.84. The van der Waals surface area contributed by atoms with Gasteiger partial charge in [0.05, 0.1) is 23.7 Å². The third kappa shape index (κ3) is 6.39. The van der Waals surface area contributed by atoms with Crippen LogP contribution >= 0.6 is 0 Å². The SMILES string of the molecule is C\C=C(Nc1c(-c2cc(NC(=O)C3CC3F)ncn2)ncn(C)c1=O)/C(C)=C\C(=C(/C)CC)C(\CC)=N\O. The fraction of sp³-hybridized carbons (Fsp3) is 0.407. The van der Waals surface area contributed by atoms with E-state index in [1.807, 2.05) is 46.8 Å². The Kier molecular flexibility index (Phi) is 9.27. The Bertz CT molecular complexity index is 1390. The fourth-order valence-corrected chi connectivity index (χ4v) is 3.84. The summed E-state index contributed by atoms with van der Waals surface area (Å²) >= 11 is 0. The Hall–Kier alpha value is -4.15. The van der Waals surface area contributed by atoms with E-state index < -0.39 is 18.0 Å². The maximum absolute atomic E-state index is 13.3. The lowest BCUT2D eigenvalue weighted by atomic mass is 9.97. The summed E-state index contributed by atoms with van der Waals surface area (Å²) in [6, 6.07) is 1.50. The summed E-state index contributed by atoms with van der Waals surface area (Å²) in [6.07, 6.45) is 6.80. The molecule has 3 N–H and O–H groups in total. The van der Waals surface area contributed by atoms with Gasteiger partial charge in [0.15, 0.2) is 0 Å². The molecule has 0 aromatic carbocycles. The van der Waals surface area contributed by atoms with Gasteiger partial charge in [-0.05, 0) is 57.3 Å². The van der Waals surface area contributed by atoms with Crippen molar-refractivity contribution < 1.29 is 14.4 Å². The Labute approximate surface area is 221 Å². The van der Waals surface area contributed by atoms with Gasteiger partial charge >= 0.3 is 0 Å². The van der Waals surface area contributed by atoms with E-state index >= 15 is 0 Å². The maximum atomic E-state index is 13.3. The Morgan fingerprint density at radius 1 is 1.24 bits per heavy atom. The lowest BCUT2D eigenvalue weighted by molar-refractivity contribution is -0.117. The average Bonchev–Trinajstić information content (AvgIpc) is 3.65. The van der Waals surface area contributed by atoms with E-state index in [1.54, 1.807) is 7.05 Å². The van der Waals surface area contributed by atoms with Gasteiger partial charge in [-0.1, -0.05) is 30.7 Å². The van der Waals surface area contributed by atoms with Crippen LogP contribution in [0.25, 0.3) is 11.4 Å². The van der Waals surface area contributed by atoms with Gasteiger partial charge in [-0.25, -0.2) is 19.3 Å². The van der Waals surface area contributed by atoms with E-state index in [2.05, 4.69) is 30.7 Å². The standard InChI is InChI=1S/C27H34FN7O3/c1-7-15(4)17(21(9-3)34-38)10-16(5)20(8-2)32-25-24(31-14-35(6)27(25)37)22-12-23(30-13-29-22)33-26(36)18-11-19(18)28/h8,10,12-14,18-19,32,38H,7,9,11H2,1-6H3,(H,29,30,33,36)/b16-10-,17-15-,20-8+,34-21+. The Morgan fingerprint density at radius 2 is 1.95 bits per heavy atom. The molecule has 2 heterocycles. The number of alkyl halides is 1. The van der Waals surface area contributed by atoms with Crippen molar-refractivity contribution in [3.63, 3.8) is 0 Å². The van der Waals surface area contributed by atoms with Crippen LogP contribution in [-0.2, 0) is 11.8 Å². The number of aromatic nitrogens is 4. The largest absolute Gasteiger partial charge is 0.411 e. The van der Waals surface area contributed by atoms with Crippen molar-refractivity contribution in [1.29, 1.82) is 0 Å². The molecule has 0 radical (unpaired) electrons. The first-order valence-electron chi connectivity index (χ1n) is 12.5. The number of nitrogens with one attached hydrogen (secondary N) is 2. The number of amides is 1. The molecule has 10 nitrogen and oxygen atoms in total. The minimum absolute atomic E-state index is 0.183. The van der Waals surface area contributed by atoms with Crippen molar-refractivity contribution in [3.8, 4) is 11.4 Å². The number of allylic oxidation sites excluding steroid dienone is 5. The Balaban J connectivity index is 2.01. The predicted octanol–water partition coefficient (Wildman–Crippen LogP) is 4.76. The lowest BCUT2D eigenvalue weighted by Gasteiger charge is -2.16. The van der Waals surface area contributed by atoms with E-state index in [0.29, 0.717) is 23.5 Å². The van der Waals surface area contributed by atoms with Crippen LogP contribution in [0.3, 0.4) is 0 Å². The molecule has 2 aromatic rings. The lowest BCUT2D eigenvalue weighted by Crippen LogP contribution is -2.23. The number of aryl methyl sites for hydroxylation is 1. The van der Waals surface area contributed by atoms with Crippen LogP contribution in [0.1, 0.15) is 53.9 Å². The number of carbonyl (C=O) groups excluding carboxylic acids is 1. The first-order chi connectivity index (χ1) is 18.1. The molecular formula is C27H34FN7O3. The van der Waals surface area contributed by atoms with Crippen molar-refractivity contribution in [3.05, 3.63) is 63.6 Å². The first kappa shape index (κ1) is 28.4. The number of carbonyl (C=O) groups is 1. The van der Waals surface area contributed by atoms with E-state index in [4.69, 9.17) is 0 Å². The van der Waals surface area contributed by atoms with Crippen LogP contribution in [0.5, 0.6) is 0 Å². The third-order valence-electron chi connectivity index (χ3n) is 6.43. The summed E-state index contributed by atoms with van der Waals surface area (Å²) in [5.41, 5.74) is 4.34. The van der Waals surface area contributed by atoms with Crippen molar-refractivity contribution in [2.75, 3.05) is 10.6 Å². The molecule has 1 aliphatic carbocycles. The van der Waals surface area contributed by atoms with Gasteiger partial charge in [0.1, 0.15) is 29.7 Å². The summed E-state index contributed by atoms with van der Waals surface area (Å²) in [5.74, 6) is -0.923. The number of hydrogen-bond acceptors (Lipinski definition) is 8. The molecule has 2 atom stereocenters. The normalized spacial score (nSPS) is 18.7. The maximum Gasteiger partial charge on any atom is 0.277 e. The third-order valence-corrected chi connectivity index (χ3v) is 6.43. The number of rotatable bonds is 10. The molecule has 1 fully saturated rings. The predicted molar refractivity (Wildman–Crippen MR) is 146 cm³/mol. The van der Waals surface area contributed by atoms with Crippen LogP contribution in [0, 0.1) is 5.92 Å². The van der Waals surface area contributed by atoms with Gasteiger partial charge in [-0.15, -0.1) is 0 Å². The molecule has 2 unspecified atom stereocenters. The molecule has 0 spiro atoms. The topological polar surface area (TPSA) is 134 Å². The van der Waals surface area contributed by atoms with Gasteiger partial charge in [-0.2, -0.15) is 0 Å². The van der Waals surface area contributed by atoms with Crippen LogP contribution in [0.4, 0.5) is 15.9 Å². The van der Waals surface area contributed by atoms with Crippen molar-refractivity contribution in [2.24, 2.45) is 18.1 Å². The quantitative estimate of drug-likeness (QED) is 0.177. The van der Waals surface area contributed by atoms with Crippen LogP contribution in [0.15, 0.2) is 63.2 Å². The second kappa shape index (κ2) is 12.4. The van der Waals surface area contributed by atoms with E-state index in [-0.39, 0.29) is 29.2 Å². The second-order valence-corrected chi connectivity index (χ2v) is 9.12. The van der Waals surface area contributed by atoms with Gasteiger partial charge < -0.3 is 20.4 Å². The molecule has 0 aliphatic heterocycles. The van der Waals surface area contributed by atoms with E-state index in [9.17, 15) is 19.2 Å². The number of nitrogens with zero attached hydrogens (tertiary/aromatic N) is 5. The molecule has 202 valence electrons. The summed E-state index contributed by atoms with van der Waals surface area (Å²) in [6.45, 7) is 9.67. The highest BCUT2D eigenvalue weighted by molar-refractivity contribution is 6.02. The molecular weight excluding hydrogens is 489 g/mol. The molecule has 3 rings (SSSR count). The highest BCUT2D eigenvalue weighted by Crippen LogP contribution is 2.34. The molecule has 0 bridgehead atoms. The van der Waals surface area contributed by atoms with Crippen molar-refractivity contribution in [1.82, 2.24) is 19.5 Å². The van der Waals surface area contributed by atoms with Crippen molar-refractivity contribution in [2.45, 2.75) is 60.1 Å². The smallest absolute Gasteiger partial charge is 0.277 e. The molecule has 11 heteroatoms. The molecule has 1 saturated carbocycles. The van der Waals surface area contributed by atoms with Crippen molar-refractivity contribution >= 4 is 23.1 Å². The Morgan fingerprint density at radius 3 is 2.53 bits per heavy atom. The number of oxime groups is 1. The zero-order valence-electron chi connectivity index (χ0n) is 22.5. The zero-order chi connectivity index (χ0) is 28.0. The summed E-state index contributed by atoms with van der Waals surface area (Å²) in [4.78, 5) is 38.1. The van der Waals surface area contributed by atoms with Gasteiger partial charge in [-0.3, -0.25) is 9.59 Å². The highest BCUT2D eigenvalue weighted by Gasteiger charge is 2.43. The zero-order valence-corrected chi connectivity index (χ0v) is 22.5. The number of halogens is 1.